The van der Waals surface area contributed by atoms with Gasteiger partial charge in [0.25, 0.3) is 0 Å². The van der Waals surface area contributed by atoms with Crippen LogP contribution in [0.2, 0.25) is 5.02 Å². The average Bonchev–Trinajstić information content (AvgIpc) is 2.76. The zero-order valence-electron chi connectivity index (χ0n) is 11.6. The van der Waals surface area contributed by atoms with Gasteiger partial charge in [-0.2, -0.15) is 0 Å². The predicted octanol–water partition coefficient (Wildman–Crippen LogP) is 4.75. The molecule has 4 heteroatoms. The standard InChI is InChI=1S/C17H15ClFNO/c1-2-11-3-5-12(6-4-11)9-20-10-13-7-14(19)8-15(18)16(13)17(20)21/h3-8,10,21H,2,9H2,1H3. The Kier molecular flexibility index (Phi) is 3.60. The number of aromatic hydroxyl groups is 1. The smallest absolute Gasteiger partial charge is 0.200 e. The van der Waals surface area contributed by atoms with Crippen LogP contribution in [0, 0.1) is 5.82 Å². The van der Waals surface area contributed by atoms with Gasteiger partial charge in [0, 0.05) is 11.6 Å². The first-order valence-electron chi connectivity index (χ1n) is 6.83. The fraction of sp³-hybridized carbons (Fsp3) is 0.176. The Morgan fingerprint density at radius 2 is 1.81 bits per heavy atom. The first-order chi connectivity index (χ1) is 10.1. The maximum absolute atomic E-state index is 13.4. The van der Waals surface area contributed by atoms with Crippen molar-refractivity contribution >= 4 is 22.4 Å². The van der Waals surface area contributed by atoms with E-state index in [9.17, 15) is 9.50 Å². The minimum absolute atomic E-state index is 0.0644. The summed E-state index contributed by atoms with van der Waals surface area (Å²) in [7, 11) is 0. The first-order valence-corrected chi connectivity index (χ1v) is 7.21. The summed E-state index contributed by atoms with van der Waals surface area (Å²) in [6.45, 7) is 2.62. The van der Waals surface area contributed by atoms with Crippen molar-refractivity contribution < 1.29 is 9.50 Å². The van der Waals surface area contributed by atoms with E-state index in [0.29, 0.717) is 17.3 Å². The van der Waals surface area contributed by atoms with Crippen molar-refractivity contribution in [3.8, 4) is 5.88 Å². The molecule has 2 nitrogen and oxygen atoms in total. The molecule has 0 saturated heterocycles. The van der Waals surface area contributed by atoms with E-state index in [1.165, 1.54) is 17.7 Å². The van der Waals surface area contributed by atoms with E-state index in [1.807, 2.05) is 12.1 Å². The zero-order chi connectivity index (χ0) is 15.0. The SMILES string of the molecule is CCc1ccc(Cn2cc3cc(F)cc(Cl)c3c2O)cc1. The first kappa shape index (κ1) is 14.0. The molecule has 1 heterocycles. The van der Waals surface area contributed by atoms with Crippen LogP contribution in [0.5, 0.6) is 5.88 Å². The van der Waals surface area contributed by atoms with Gasteiger partial charge in [-0.3, -0.25) is 0 Å². The highest BCUT2D eigenvalue weighted by Gasteiger charge is 2.13. The summed E-state index contributed by atoms with van der Waals surface area (Å²) < 4.78 is 15.1. The molecule has 0 atom stereocenters. The second-order valence-electron chi connectivity index (χ2n) is 5.10. The molecule has 0 unspecified atom stereocenters. The molecule has 0 aliphatic heterocycles. The monoisotopic (exact) mass is 303 g/mol. The molecule has 0 radical (unpaired) electrons. The highest BCUT2D eigenvalue weighted by atomic mass is 35.5. The Balaban J connectivity index is 2.00. The number of hydrogen-bond acceptors (Lipinski definition) is 1. The lowest BCUT2D eigenvalue weighted by atomic mass is 10.1. The van der Waals surface area contributed by atoms with E-state index in [0.717, 1.165) is 12.0 Å². The van der Waals surface area contributed by atoms with Crippen molar-refractivity contribution in [1.29, 1.82) is 0 Å². The molecule has 0 amide bonds. The minimum atomic E-state index is -0.406. The van der Waals surface area contributed by atoms with Crippen molar-refractivity contribution in [1.82, 2.24) is 4.57 Å². The van der Waals surface area contributed by atoms with Crippen molar-refractivity contribution in [2.45, 2.75) is 19.9 Å². The Morgan fingerprint density at radius 1 is 1.14 bits per heavy atom. The van der Waals surface area contributed by atoms with Crippen molar-refractivity contribution in [3.63, 3.8) is 0 Å². The quantitative estimate of drug-likeness (QED) is 0.742. The Bertz CT molecular complexity index is 793. The molecule has 1 aromatic heterocycles. The summed E-state index contributed by atoms with van der Waals surface area (Å²) in [5.41, 5.74) is 2.34. The average molecular weight is 304 g/mol. The summed E-state index contributed by atoms with van der Waals surface area (Å²) in [5, 5.41) is 11.6. The number of benzene rings is 2. The van der Waals surface area contributed by atoms with Crippen LogP contribution in [0.25, 0.3) is 10.8 Å². The summed E-state index contributed by atoms with van der Waals surface area (Å²) in [6.07, 6.45) is 2.71. The van der Waals surface area contributed by atoms with E-state index in [4.69, 9.17) is 11.6 Å². The third kappa shape index (κ3) is 2.61. The number of aryl methyl sites for hydroxylation is 1. The molecule has 2 aromatic carbocycles. The molecule has 1 N–H and O–H groups in total. The van der Waals surface area contributed by atoms with Crippen molar-refractivity contribution in [2.75, 3.05) is 0 Å². The molecule has 0 aliphatic rings. The third-order valence-corrected chi connectivity index (χ3v) is 3.96. The van der Waals surface area contributed by atoms with Gasteiger partial charge < -0.3 is 9.67 Å². The lowest BCUT2D eigenvalue weighted by Gasteiger charge is -2.06. The lowest BCUT2D eigenvalue weighted by molar-refractivity contribution is 0.430. The highest BCUT2D eigenvalue weighted by Crippen LogP contribution is 2.34. The highest BCUT2D eigenvalue weighted by molar-refractivity contribution is 6.36. The number of aromatic nitrogens is 1. The molecule has 3 rings (SSSR count). The van der Waals surface area contributed by atoms with E-state index in [1.54, 1.807) is 10.8 Å². The fourth-order valence-electron chi connectivity index (χ4n) is 2.50. The topological polar surface area (TPSA) is 25.2 Å². The summed E-state index contributed by atoms with van der Waals surface area (Å²) in [5.74, 6) is -0.341. The normalized spacial score (nSPS) is 11.2. The summed E-state index contributed by atoms with van der Waals surface area (Å²) >= 11 is 6.01. The second kappa shape index (κ2) is 5.41. The largest absolute Gasteiger partial charge is 0.494 e. The van der Waals surface area contributed by atoms with Gasteiger partial charge in [0.05, 0.1) is 17.0 Å². The summed E-state index contributed by atoms with van der Waals surface area (Å²) in [4.78, 5) is 0. The lowest BCUT2D eigenvalue weighted by Crippen LogP contribution is -1.97. The van der Waals surface area contributed by atoms with E-state index in [2.05, 4.69) is 19.1 Å². The van der Waals surface area contributed by atoms with Crippen LogP contribution >= 0.6 is 11.6 Å². The van der Waals surface area contributed by atoms with E-state index >= 15 is 0 Å². The molecule has 0 aliphatic carbocycles. The van der Waals surface area contributed by atoms with Gasteiger partial charge in [-0.1, -0.05) is 42.8 Å². The van der Waals surface area contributed by atoms with E-state index in [-0.39, 0.29) is 10.9 Å². The van der Waals surface area contributed by atoms with Crippen molar-refractivity contribution in [2.24, 2.45) is 0 Å². The van der Waals surface area contributed by atoms with Crippen LogP contribution in [0.4, 0.5) is 4.39 Å². The third-order valence-electron chi connectivity index (χ3n) is 3.66. The zero-order valence-corrected chi connectivity index (χ0v) is 12.4. The second-order valence-corrected chi connectivity index (χ2v) is 5.51. The number of rotatable bonds is 3. The van der Waals surface area contributed by atoms with Gasteiger partial charge in [-0.25, -0.2) is 4.39 Å². The van der Waals surface area contributed by atoms with Gasteiger partial charge in [0.15, 0.2) is 0 Å². The van der Waals surface area contributed by atoms with Crippen LogP contribution < -0.4 is 0 Å². The van der Waals surface area contributed by atoms with Crippen LogP contribution in [0.1, 0.15) is 18.1 Å². The van der Waals surface area contributed by atoms with Gasteiger partial charge in [0.2, 0.25) is 5.88 Å². The molecule has 21 heavy (non-hydrogen) atoms. The van der Waals surface area contributed by atoms with Gasteiger partial charge in [-0.15, -0.1) is 0 Å². The van der Waals surface area contributed by atoms with Crippen LogP contribution in [-0.2, 0) is 13.0 Å². The van der Waals surface area contributed by atoms with Crippen molar-refractivity contribution in [3.05, 3.63) is 64.6 Å². The maximum Gasteiger partial charge on any atom is 0.200 e. The van der Waals surface area contributed by atoms with Crippen LogP contribution in [0.15, 0.2) is 42.6 Å². The number of hydrogen-bond donors (Lipinski definition) is 1. The van der Waals surface area contributed by atoms with E-state index < -0.39 is 5.82 Å². The number of fused-ring (bicyclic) bond motifs is 1. The molecule has 3 aromatic rings. The molecule has 0 fully saturated rings. The summed E-state index contributed by atoms with van der Waals surface area (Å²) in [6, 6.07) is 10.8. The molecular weight excluding hydrogens is 289 g/mol. The number of nitrogens with zero attached hydrogens (tertiary/aromatic N) is 1. The fourth-order valence-corrected chi connectivity index (χ4v) is 2.80. The molecule has 0 saturated carbocycles. The number of halogens is 2. The van der Waals surface area contributed by atoms with Crippen LogP contribution in [-0.4, -0.2) is 9.67 Å². The molecule has 0 bridgehead atoms. The maximum atomic E-state index is 13.4. The minimum Gasteiger partial charge on any atom is -0.494 e. The van der Waals surface area contributed by atoms with Gasteiger partial charge in [-0.05, 0) is 29.7 Å². The predicted molar refractivity (Wildman–Crippen MR) is 83.5 cm³/mol. The molecule has 108 valence electrons. The molecular formula is C17H15ClFNO. The van der Waals surface area contributed by atoms with Crippen LogP contribution in [0.3, 0.4) is 0 Å². The molecule has 0 spiro atoms. The van der Waals surface area contributed by atoms with Gasteiger partial charge in [0.1, 0.15) is 5.82 Å². The Labute approximate surface area is 127 Å². The van der Waals surface area contributed by atoms with Gasteiger partial charge >= 0.3 is 0 Å². The Morgan fingerprint density at radius 3 is 2.48 bits per heavy atom. The Hall–Kier alpha value is -2.00.